The topological polar surface area (TPSA) is 62.6 Å². The Bertz CT molecular complexity index is 789. The Kier molecular flexibility index (Phi) is 7.45. The van der Waals surface area contributed by atoms with Crippen LogP contribution in [0, 0.1) is 11.3 Å². The highest BCUT2D eigenvalue weighted by molar-refractivity contribution is 5.68. The molecular weight excluding hydrogens is 352 g/mol. The predicted octanol–water partition coefficient (Wildman–Crippen LogP) is 5.48. The number of amides is 1. The summed E-state index contributed by atoms with van der Waals surface area (Å²) in [6, 6.07) is 19.5. The van der Waals surface area contributed by atoms with E-state index in [1.807, 2.05) is 75.4 Å². The van der Waals surface area contributed by atoms with Gasteiger partial charge in [-0.3, -0.25) is 0 Å². The van der Waals surface area contributed by atoms with Gasteiger partial charge in [0, 0.05) is 13.5 Å². The number of nitriles is 1. The Morgan fingerprint density at radius 2 is 1.75 bits per heavy atom. The van der Waals surface area contributed by atoms with Gasteiger partial charge in [0.05, 0.1) is 12.1 Å². The van der Waals surface area contributed by atoms with Crippen LogP contribution in [-0.4, -0.2) is 23.6 Å². The van der Waals surface area contributed by atoms with E-state index in [-0.39, 0.29) is 6.04 Å². The van der Waals surface area contributed by atoms with Crippen LogP contribution in [0.5, 0.6) is 5.75 Å². The van der Waals surface area contributed by atoms with Crippen molar-refractivity contribution in [3.8, 4) is 11.8 Å². The smallest absolute Gasteiger partial charge is 0.410 e. The standard InChI is InChI=1S/C23H28N2O3/c1-23(2,3)28-22(26)25(4)21(11-8-16-24)19-12-14-20(15-13-19)27-17-18-9-6-5-7-10-18/h5-7,9-10,12-15,21H,8,11,17H2,1-4H3. The molecule has 0 spiro atoms. The van der Waals surface area contributed by atoms with E-state index in [1.54, 1.807) is 11.9 Å². The molecule has 5 heteroatoms. The van der Waals surface area contributed by atoms with Crippen molar-refractivity contribution in [2.24, 2.45) is 0 Å². The number of carbonyl (C=O) groups is 1. The molecule has 0 aromatic heterocycles. The third-order valence-electron chi connectivity index (χ3n) is 4.19. The normalized spacial score (nSPS) is 12.0. The molecule has 148 valence electrons. The molecule has 0 aliphatic rings. The molecule has 0 saturated carbocycles. The summed E-state index contributed by atoms with van der Waals surface area (Å²) in [4.78, 5) is 14.0. The molecule has 28 heavy (non-hydrogen) atoms. The maximum Gasteiger partial charge on any atom is 0.410 e. The molecule has 1 unspecified atom stereocenters. The molecule has 0 aliphatic heterocycles. The molecular formula is C23H28N2O3. The van der Waals surface area contributed by atoms with Gasteiger partial charge in [-0.2, -0.15) is 5.26 Å². The largest absolute Gasteiger partial charge is 0.489 e. The van der Waals surface area contributed by atoms with Gasteiger partial charge in [-0.1, -0.05) is 42.5 Å². The lowest BCUT2D eigenvalue weighted by atomic mass is 10.0. The molecule has 1 atom stereocenters. The second-order valence-corrected chi connectivity index (χ2v) is 7.65. The van der Waals surface area contributed by atoms with E-state index in [1.165, 1.54) is 0 Å². The van der Waals surface area contributed by atoms with E-state index in [9.17, 15) is 4.79 Å². The number of hydrogen-bond donors (Lipinski definition) is 0. The average molecular weight is 380 g/mol. The van der Waals surface area contributed by atoms with Gasteiger partial charge in [-0.05, 0) is 50.5 Å². The van der Waals surface area contributed by atoms with Crippen LogP contribution in [-0.2, 0) is 11.3 Å². The highest BCUT2D eigenvalue weighted by Crippen LogP contribution is 2.28. The molecule has 0 heterocycles. The lowest BCUT2D eigenvalue weighted by molar-refractivity contribution is 0.0213. The number of hydrogen-bond acceptors (Lipinski definition) is 4. The van der Waals surface area contributed by atoms with Gasteiger partial charge < -0.3 is 14.4 Å². The zero-order valence-electron chi connectivity index (χ0n) is 17.0. The summed E-state index contributed by atoms with van der Waals surface area (Å²) in [5, 5.41) is 8.99. The first kappa shape index (κ1) is 21.3. The molecule has 5 nitrogen and oxygen atoms in total. The van der Waals surface area contributed by atoms with Gasteiger partial charge in [0.1, 0.15) is 18.0 Å². The maximum atomic E-state index is 12.5. The van der Waals surface area contributed by atoms with Crippen LogP contribution < -0.4 is 4.74 Å². The fraction of sp³-hybridized carbons (Fsp3) is 0.391. The van der Waals surface area contributed by atoms with Crippen molar-refractivity contribution in [3.05, 3.63) is 65.7 Å². The summed E-state index contributed by atoms with van der Waals surface area (Å²) in [6.45, 7) is 6.00. The fourth-order valence-electron chi connectivity index (χ4n) is 2.77. The second-order valence-electron chi connectivity index (χ2n) is 7.65. The number of nitrogens with zero attached hydrogens (tertiary/aromatic N) is 2. The second kappa shape index (κ2) is 9.80. The van der Waals surface area contributed by atoms with Gasteiger partial charge in [-0.25, -0.2) is 4.79 Å². The van der Waals surface area contributed by atoms with Crippen molar-refractivity contribution in [1.82, 2.24) is 4.90 Å². The monoisotopic (exact) mass is 380 g/mol. The quantitative estimate of drug-likeness (QED) is 0.638. The molecule has 0 N–H and O–H groups in total. The van der Waals surface area contributed by atoms with Crippen molar-refractivity contribution < 1.29 is 14.3 Å². The molecule has 1 amide bonds. The molecule has 0 radical (unpaired) electrons. The van der Waals surface area contributed by atoms with Crippen molar-refractivity contribution in [2.75, 3.05) is 7.05 Å². The van der Waals surface area contributed by atoms with Crippen LogP contribution in [0.3, 0.4) is 0 Å². The van der Waals surface area contributed by atoms with Crippen molar-refractivity contribution in [2.45, 2.75) is 51.9 Å². The molecule has 2 rings (SSSR count). The van der Waals surface area contributed by atoms with Gasteiger partial charge >= 0.3 is 6.09 Å². The van der Waals surface area contributed by atoms with Crippen LogP contribution in [0.2, 0.25) is 0 Å². The molecule has 0 bridgehead atoms. The summed E-state index contributed by atoms with van der Waals surface area (Å²) >= 11 is 0. The van der Waals surface area contributed by atoms with E-state index >= 15 is 0 Å². The maximum absolute atomic E-state index is 12.5. The highest BCUT2D eigenvalue weighted by Gasteiger charge is 2.26. The van der Waals surface area contributed by atoms with Crippen LogP contribution in [0.25, 0.3) is 0 Å². The van der Waals surface area contributed by atoms with E-state index < -0.39 is 11.7 Å². The van der Waals surface area contributed by atoms with E-state index in [0.717, 1.165) is 16.9 Å². The predicted molar refractivity (Wildman–Crippen MR) is 109 cm³/mol. The summed E-state index contributed by atoms with van der Waals surface area (Å²) in [5.41, 5.74) is 1.47. The van der Waals surface area contributed by atoms with E-state index in [2.05, 4.69) is 6.07 Å². The van der Waals surface area contributed by atoms with Crippen LogP contribution in [0.4, 0.5) is 4.79 Å². The Morgan fingerprint density at radius 3 is 2.32 bits per heavy atom. The minimum atomic E-state index is -0.569. The van der Waals surface area contributed by atoms with Crippen molar-refractivity contribution in [3.63, 3.8) is 0 Å². The molecule has 2 aromatic carbocycles. The number of ether oxygens (including phenoxy) is 2. The van der Waals surface area contributed by atoms with Gasteiger partial charge in [0.15, 0.2) is 0 Å². The first-order valence-electron chi connectivity index (χ1n) is 9.39. The fourth-order valence-corrected chi connectivity index (χ4v) is 2.77. The first-order chi connectivity index (χ1) is 13.3. The van der Waals surface area contributed by atoms with Gasteiger partial charge in [0.2, 0.25) is 0 Å². The molecule has 2 aromatic rings. The first-order valence-corrected chi connectivity index (χ1v) is 9.39. The van der Waals surface area contributed by atoms with Crippen LogP contribution >= 0.6 is 0 Å². The minimum Gasteiger partial charge on any atom is -0.489 e. The van der Waals surface area contributed by atoms with E-state index in [0.29, 0.717) is 19.4 Å². The van der Waals surface area contributed by atoms with E-state index in [4.69, 9.17) is 14.7 Å². The number of rotatable bonds is 7. The Morgan fingerprint density at radius 1 is 1.11 bits per heavy atom. The number of benzene rings is 2. The van der Waals surface area contributed by atoms with Crippen LogP contribution in [0.1, 0.15) is 50.8 Å². The third kappa shape index (κ3) is 6.62. The number of carbonyl (C=O) groups excluding carboxylic acids is 1. The lowest BCUT2D eigenvalue weighted by Gasteiger charge is -2.30. The molecule has 0 fully saturated rings. The third-order valence-corrected chi connectivity index (χ3v) is 4.19. The average Bonchev–Trinajstić information content (AvgIpc) is 2.67. The Balaban J connectivity index is 2.08. The lowest BCUT2D eigenvalue weighted by Crippen LogP contribution is -2.36. The van der Waals surface area contributed by atoms with Crippen molar-refractivity contribution in [1.29, 1.82) is 5.26 Å². The summed E-state index contributed by atoms with van der Waals surface area (Å²) in [5.74, 6) is 0.756. The Labute approximate surface area is 167 Å². The molecule has 0 aliphatic carbocycles. The van der Waals surface area contributed by atoms with Gasteiger partial charge in [0.25, 0.3) is 0 Å². The SMILES string of the molecule is CN(C(=O)OC(C)(C)C)C(CCC#N)c1ccc(OCc2ccccc2)cc1. The minimum absolute atomic E-state index is 0.238. The summed E-state index contributed by atoms with van der Waals surface area (Å²) < 4.78 is 11.3. The Hall–Kier alpha value is -3.00. The zero-order valence-corrected chi connectivity index (χ0v) is 17.0. The summed E-state index contributed by atoms with van der Waals surface area (Å²) in [7, 11) is 1.70. The van der Waals surface area contributed by atoms with Gasteiger partial charge in [-0.15, -0.1) is 0 Å². The highest BCUT2D eigenvalue weighted by atomic mass is 16.6. The molecule has 0 saturated heterocycles. The zero-order chi connectivity index (χ0) is 20.6. The summed E-state index contributed by atoms with van der Waals surface area (Å²) in [6.07, 6.45) is 0.486. The van der Waals surface area contributed by atoms with Crippen LogP contribution in [0.15, 0.2) is 54.6 Å². The van der Waals surface area contributed by atoms with Crippen molar-refractivity contribution >= 4 is 6.09 Å².